The van der Waals surface area contributed by atoms with Crippen LogP contribution in [0.4, 0.5) is 5.13 Å². The fourth-order valence-electron chi connectivity index (χ4n) is 5.27. The topological polar surface area (TPSA) is 106 Å². The standard InChI is InChI=1S/C31H28N4O5S/c1-6-40-21-12-10-19(15-22(21)39-5)26-24(27(36)25-18(4)34-13-7-8-17(3)29(34)33-25)28(37)30(38)35(26)31-32-20-11-9-16(2)14-23(20)41-31/h7-15,26,36H,6H2,1-5H3/b27-24+. The van der Waals surface area contributed by atoms with Gasteiger partial charge in [-0.3, -0.25) is 14.5 Å². The van der Waals surface area contributed by atoms with Crippen molar-refractivity contribution in [3.8, 4) is 11.5 Å². The van der Waals surface area contributed by atoms with Crippen LogP contribution in [0.5, 0.6) is 11.5 Å². The molecule has 1 amide bonds. The quantitative estimate of drug-likeness (QED) is 0.154. The molecule has 5 aromatic rings. The van der Waals surface area contributed by atoms with Crippen LogP contribution in [0.25, 0.3) is 21.6 Å². The number of benzene rings is 2. The minimum atomic E-state index is -0.980. The lowest BCUT2D eigenvalue weighted by Crippen LogP contribution is -2.29. The molecule has 1 N–H and O–H groups in total. The van der Waals surface area contributed by atoms with Gasteiger partial charge in [-0.15, -0.1) is 0 Å². The highest BCUT2D eigenvalue weighted by Crippen LogP contribution is 2.46. The Morgan fingerprint density at radius 2 is 1.85 bits per heavy atom. The normalized spacial score (nSPS) is 16.7. The minimum Gasteiger partial charge on any atom is -0.505 e. The number of thiazole rings is 1. The van der Waals surface area contributed by atoms with Crippen molar-refractivity contribution in [1.82, 2.24) is 14.4 Å². The van der Waals surface area contributed by atoms with Crippen LogP contribution in [0.2, 0.25) is 0 Å². The van der Waals surface area contributed by atoms with E-state index in [0.717, 1.165) is 15.8 Å². The summed E-state index contributed by atoms with van der Waals surface area (Å²) in [5, 5.41) is 12.1. The molecule has 0 spiro atoms. The van der Waals surface area contributed by atoms with E-state index < -0.39 is 17.7 Å². The first-order chi connectivity index (χ1) is 19.7. The highest BCUT2D eigenvalue weighted by Gasteiger charge is 2.49. The Bertz CT molecular complexity index is 1900. The number of methoxy groups -OCH3 is 1. The summed E-state index contributed by atoms with van der Waals surface area (Å²) < 4.78 is 14.0. The van der Waals surface area contributed by atoms with Gasteiger partial charge in [0.25, 0.3) is 5.78 Å². The molecule has 2 aromatic carbocycles. The van der Waals surface area contributed by atoms with Gasteiger partial charge in [-0.1, -0.05) is 29.5 Å². The molecular formula is C31H28N4O5S. The van der Waals surface area contributed by atoms with Crippen LogP contribution in [0.1, 0.15) is 41.0 Å². The van der Waals surface area contributed by atoms with Gasteiger partial charge in [-0.25, -0.2) is 9.97 Å². The first kappa shape index (κ1) is 26.5. The molecule has 9 nitrogen and oxygen atoms in total. The molecule has 1 saturated heterocycles. The second-order valence-electron chi connectivity index (χ2n) is 9.91. The molecule has 0 aliphatic carbocycles. The summed E-state index contributed by atoms with van der Waals surface area (Å²) in [6, 6.07) is 13.9. The number of aliphatic hydroxyl groups is 1. The number of pyridine rings is 1. The first-order valence-corrected chi connectivity index (χ1v) is 14.0. The fraction of sp³-hybridized carbons (Fsp3) is 0.226. The number of aliphatic hydroxyl groups excluding tert-OH is 1. The van der Waals surface area contributed by atoms with E-state index >= 15 is 0 Å². The number of hydrogen-bond donors (Lipinski definition) is 1. The summed E-state index contributed by atoms with van der Waals surface area (Å²) >= 11 is 1.31. The summed E-state index contributed by atoms with van der Waals surface area (Å²) in [7, 11) is 1.52. The predicted octanol–water partition coefficient (Wildman–Crippen LogP) is 5.90. The Balaban J connectivity index is 1.60. The van der Waals surface area contributed by atoms with E-state index in [0.29, 0.717) is 45.7 Å². The molecule has 1 aliphatic rings. The summed E-state index contributed by atoms with van der Waals surface area (Å²) in [4.78, 5) is 38.2. The van der Waals surface area contributed by atoms with Crippen molar-refractivity contribution in [2.75, 3.05) is 18.6 Å². The van der Waals surface area contributed by atoms with Gasteiger partial charge < -0.3 is 19.0 Å². The van der Waals surface area contributed by atoms with Crippen LogP contribution >= 0.6 is 11.3 Å². The van der Waals surface area contributed by atoms with Crippen LogP contribution < -0.4 is 14.4 Å². The molecule has 4 heterocycles. The number of anilines is 1. The van der Waals surface area contributed by atoms with Crippen molar-refractivity contribution >= 4 is 49.8 Å². The number of ketones is 1. The van der Waals surface area contributed by atoms with Crippen molar-refractivity contribution in [2.45, 2.75) is 33.7 Å². The number of aryl methyl sites for hydroxylation is 3. The lowest BCUT2D eigenvalue weighted by molar-refractivity contribution is -0.132. The Labute approximate surface area is 240 Å². The Morgan fingerprint density at radius 3 is 2.59 bits per heavy atom. The van der Waals surface area contributed by atoms with Gasteiger partial charge in [0, 0.05) is 6.20 Å². The highest BCUT2D eigenvalue weighted by atomic mass is 32.1. The number of aromatic nitrogens is 3. The molecule has 1 fully saturated rings. The average Bonchev–Trinajstić information content (AvgIpc) is 3.61. The number of amides is 1. The number of nitrogens with zero attached hydrogens (tertiary/aromatic N) is 4. The second kappa shape index (κ2) is 10.0. The molecule has 1 unspecified atom stereocenters. The third kappa shape index (κ3) is 4.22. The van der Waals surface area contributed by atoms with Gasteiger partial charge in [0.05, 0.1) is 41.2 Å². The van der Waals surface area contributed by atoms with Crippen molar-refractivity contribution < 1.29 is 24.2 Å². The maximum atomic E-state index is 13.8. The number of hydrogen-bond acceptors (Lipinski definition) is 8. The van der Waals surface area contributed by atoms with Crippen LogP contribution in [0, 0.1) is 20.8 Å². The monoisotopic (exact) mass is 568 g/mol. The van der Waals surface area contributed by atoms with Gasteiger partial charge >= 0.3 is 5.91 Å². The molecular weight excluding hydrogens is 540 g/mol. The highest BCUT2D eigenvalue weighted by molar-refractivity contribution is 7.22. The molecule has 1 atom stereocenters. The maximum Gasteiger partial charge on any atom is 0.301 e. The van der Waals surface area contributed by atoms with E-state index in [-0.39, 0.29) is 17.0 Å². The van der Waals surface area contributed by atoms with Gasteiger partial charge in [0.1, 0.15) is 11.3 Å². The fourth-order valence-corrected chi connectivity index (χ4v) is 6.36. The van der Waals surface area contributed by atoms with Crippen molar-refractivity contribution in [2.24, 2.45) is 0 Å². The largest absolute Gasteiger partial charge is 0.505 e. The zero-order valence-electron chi connectivity index (χ0n) is 23.3. The first-order valence-electron chi connectivity index (χ1n) is 13.2. The summed E-state index contributed by atoms with van der Waals surface area (Å²) in [6.45, 7) is 8.03. The molecule has 0 bridgehead atoms. The average molecular weight is 569 g/mol. The Hall–Kier alpha value is -4.70. The van der Waals surface area contributed by atoms with E-state index in [1.165, 1.54) is 23.3 Å². The van der Waals surface area contributed by atoms with Crippen molar-refractivity contribution in [3.63, 3.8) is 0 Å². The van der Waals surface area contributed by atoms with Gasteiger partial charge in [-0.05, 0) is 74.7 Å². The number of imidazole rings is 1. The van der Waals surface area contributed by atoms with Crippen molar-refractivity contribution in [3.05, 3.63) is 88.4 Å². The van der Waals surface area contributed by atoms with Crippen LogP contribution in [-0.4, -0.2) is 44.9 Å². The lowest BCUT2D eigenvalue weighted by atomic mass is 9.96. The molecule has 41 heavy (non-hydrogen) atoms. The van der Waals surface area contributed by atoms with E-state index in [9.17, 15) is 14.7 Å². The smallest absolute Gasteiger partial charge is 0.301 e. The third-order valence-electron chi connectivity index (χ3n) is 7.29. The van der Waals surface area contributed by atoms with E-state index in [1.54, 1.807) is 18.2 Å². The van der Waals surface area contributed by atoms with Gasteiger partial charge in [-0.2, -0.15) is 0 Å². The SMILES string of the molecule is CCOc1ccc(C2/C(=C(\O)c3nc4c(C)cccn4c3C)C(=O)C(=O)N2c2nc3ccc(C)cc3s2)cc1OC. The number of carbonyl (C=O) groups excluding carboxylic acids is 2. The van der Waals surface area contributed by atoms with Gasteiger partial charge in [0.2, 0.25) is 0 Å². The summed E-state index contributed by atoms with van der Waals surface area (Å²) in [5.41, 5.74) is 4.70. The third-order valence-corrected chi connectivity index (χ3v) is 8.31. The van der Waals surface area contributed by atoms with Crippen LogP contribution in [-0.2, 0) is 9.59 Å². The molecule has 208 valence electrons. The molecule has 3 aromatic heterocycles. The molecule has 1 aliphatic heterocycles. The molecule has 0 saturated carbocycles. The number of carbonyl (C=O) groups is 2. The maximum absolute atomic E-state index is 13.8. The van der Waals surface area contributed by atoms with Crippen molar-refractivity contribution in [1.29, 1.82) is 0 Å². The molecule has 0 radical (unpaired) electrons. The zero-order chi connectivity index (χ0) is 29.0. The predicted molar refractivity (Wildman–Crippen MR) is 158 cm³/mol. The number of Topliss-reactive ketones (excluding diaryl/α,β-unsaturated/α-hetero) is 1. The number of fused-ring (bicyclic) bond motifs is 2. The molecule has 6 rings (SSSR count). The number of rotatable bonds is 6. The summed E-state index contributed by atoms with van der Waals surface area (Å²) in [5.74, 6) is -0.977. The zero-order valence-corrected chi connectivity index (χ0v) is 24.1. The van der Waals surface area contributed by atoms with Crippen LogP contribution in [0.3, 0.4) is 0 Å². The Morgan fingerprint density at radius 1 is 1.05 bits per heavy atom. The minimum absolute atomic E-state index is 0.0687. The number of ether oxygens (including phenoxy) is 2. The lowest BCUT2D eigenvalue weighted by Gasteiger charge is -2.23. The summed E-state index contributed by atoms with van der Waals surface area (Å²) in [6.07, 6.45) is 1.85. The second-order valence-corrected chi connectivity index (χ2v) is 10.9. The van der Waals surface area contributed by atoms with Gasteiger partial charge in [0.15, 0.2) is 22.4 Å². The molecule has 10 heteroatoms. The van der Waals surface area contributed by atoms with E-state index in [4.69, 9.17) is 14.5 Å². The van der Waals surface area contributed by atoms with E-state index in [1.807, 2.05) is 68.6 Å². The van der Waals surface area contributed by atoms with Crippen LogP contribution in [0.15, 0.2) is 60.3 Å². The van der Waals surface area contributed by atoms with E-state index in [2.05, 4.69) is 4.98 Å². The Kier molecular flexibility index (Phi) is 6.50.